The lowest BCUT2D eigenvalue weighted by atomic mass is 9.84. The molecule has 6 nitrogen and oxygen atoms in total. The van der Waals surface area contributed by atoms with E-state index in [9.17, 15) is 4.79 Å². The lowest BCUT2D eigenvalue weighted by Crippen LogP contribution is -2.51. The summed E-state index contributed by atoms with van der Waals surface area (Å²) in [6, 6.07) is -0.000122. The van der Waals surface area contributed by atoms with Crippen LogP contribution >= 0.6 is 0 Å². The molecule has 6 heteroatoms. The summed E-state index contributed by atoms with van der Waals surface area (Å²) in [7, 11) is 0. The largest absolute Gasteiger partial charge is 0.409 e. The van der Waals surface area contributed by atoms with Crippen LogP contribution in [0.2, 0.25) is 0 Å². The van der Waals surface area contributed by atoms with Gasteiger partial charge in [-0.2, -0.15) is 0 Å². The summed E-state index contributed by atoms with van der Waals surface area (Å²) in [4.78, 5) is 12.2. The molecule has 1 heterocycles. The zero-order chi connectivity index (χ0) is 13.1. The van der Waals surface area contributed by atoms with Gasteiger partial charge in [0.05, 0.1) is 12.1 Å². The van der Waals surface area contributed by atoms with E-state index in [1.54, 1.807) is 6.92 Å². The zero-order valence-electron chi connectivity index (χ0n) is 10.6. The van der Waals surface area contributed by atoms with Gasteiger partial charge in [0.25, 0.3) is 0 Å². The molecule has 1 amide bonds. The fraction of sp³-hybridized carbons (Fsp3) is 0.818. The van der Waals surface area contributed by atoms with Gasteiger partial charge in [0.15, 0.2) is 5.84 Å². The lowest BCUT2D eigenvalue weighted by molar-refractivity contribution is -0.128. The highest BCUT2D eigenvalue weighted by molar-refractivity contribution is 6.06. The van der Waals surface area contributed by atoms with Gasteiger partial charge in [-0.1, -0.05) is 12.1 Å². The average Bonchev–Trinajstić information content (AvgIpc) is 2.72. The third-order valence-electron chi connectivity index (χ3n) is 3.57. The summed E-state index contributed by atoms with van der Waals surface area (Å²) in [5.41, 5.74) is 4.60. The number of rotatable bonds is 4. The Bertz CT molecular complexity index is 319. The topological polar surface area (TPSA) is 96.9 Å². The Kier molecular flexibility index (Phi) is 4.34. The molecule has 0 spiro atoms. The molecule has 3 unspecified atom stereocenters. The van der Waals surface area contributed by atoms with Crippen LogP contribution in [0.15, 0.2) is 5.16 Å². The monoisotopic (exact) mass is 243 g/mol. The molecule has 0 aromatic carbocycles. The van der Waals surface area contributed by atoms with Crippen LogP contribution in [0.25, 0.3) is 0 Å². The minimum Gasteiger partial charge on any atom is -0.409 e. The number of carbonyl (C=O) groups is 1. The van der Waals surface area contributed by atoms with E-state index in [0.717, 1.165) is 6.42 Å². The molecule has 17 heavy (non-hydrogen) atoms. The van der Waals surface area contributed by atoms with Gasteiger partial charge < -0.3 is 21.0 Å². The first-order chi connectivity index (χ1) is 7.95. The van der Waals surface area contributed by atoms with E-state index in [1.807, 2.05) is 13.8 Å². The molecule has 0 bridgehead atoms. The fourth-order valence-electron chi connectivity index (χ4n) is 1.82. The van der Waals surface area contributed by atoms with E-state index in [1.165, 1.54) is 0 Å². The molecular formula is C11H21N3O3. The maximum atomic E-state index is 12.2. The highest BCUT2D eigenvalue weighted by Gasteiger charge is 2.38. The summed E-state index contributed by atoms with van der Waals surface area (Å²) in [5, 5.41) is 14.6. The maximum Gasteiger partial charge on any atom is 0.233 e. The van der Waals surface area contributed by atoms with Crippen molar-refractivity contribution in [1.82, 2.24) is 5.32 Å². The van der Waals surface area contributed by atoms with Gasteiger partial charge in [0.2, 0.25) is 5.91 Å². The van der Waals surface area contributed by atoms with Crippen molar-refractivity contribution in [2.24, 2.45) is 16.3 Å². The number of oxime groups is 1. The minimum atomic E-state index is -0.975. The third-order valence-corrected chi connectivity index (χ3v) is 3.57. The minimum absolute atomic E-state index is 0.000122. The van der Waals surface area contributed by atoms with Crippen molar-refractivity contribution >= 4 is 11.7 Å². The van der Waals surface area contributed by atoms with Gasteiger partial charge in [-0.05, 0) is 26.7 Å². The number of nitrogens with zero attached hydrogens (tertiary/aromatic N) is 1. The Morgan fingerprint density at radius 3 is 2.76 bits per heavy atom. The van der Waals surface area contributed by atoms with Crippen LogP contribution in [-0.4, -0.2) is 35.7 Å². The van der Waals surface area contributed by atoms with Crippen LogP contribution in [0.5, 0.6) is 0 Å². The predicted molar refractivity (Wildman–Crippen MR) is 63.8 cm³/mol. The molecule has 0 aliphatic carbocycles. The fourth-order valence-corrected chi connectivity index (χ4v) is 1.82. The Hall–Kier alpha value is -1.30. The van der Waals surface area contributed by atoms with Gasteiger partial charge in [-0.15, -0.1) is 0 Å². The number of nitrogens with one attached hydrogen (secondary N) is 1. The van der Waals surface area contributed by atoms with Gasteiger partial charge in [0, 0.05) is 6.61 Å². The number of hydrogen-bond donors (Lipinski definition) is 3. The number of amidine groups is 1. The van der Waals surface area contributed by atoms with Crippen LogP contribution in [0, 0.1) is 5.41 Å². The maximum absolute atomic E-state index is 12.2. The Morgan fingerprint density at radius 2 is 2.35 bits per heavy atom. The summed E-state index contributed by atoms with van der Waals surface area (Å²) in [6.45, 7) is 6.06. The molecule has 1 rings (SSSR count). The van der Waals surface area contributed by atoms with Gasteiger partial charge in [0.1, 0.15) is 5.41 Å². The zero-order valence-corrected chi connectivity index (χ0v) is 10.6. The SMILES string of the molecule is CCC(C)(C(=O)NC1CCOC1C)C(N)=NO. The summed E-state index contributed by atoms with van der Waals surface area (Å²) >= 11 is 0. The Labute approximate surface area is 101 Å². The van der Waals surface area contributed by atoms with Gasteiger partial charge in [-0.25, -0.2) is 0 Å². The quantitative estimate of drug-likeness (QED) is 0.289. The number of nitrogens with two attached hydrogens (primary N) is 1. The van der Waals surface area contributed by atoms with Crippen molar-refractivity contribution in [3.05, 3.63) is 0 Å². The van der Waals surface area contributed by atoms with E-state index >= 15 is 0 Å². The molecule has 3 atom stereocenters. The van der Waals surface area contributed by atoms with Crippen molar-refractivity contribution in [1.29, 1.82) is 0 Å². The summed E-state index contributed by atoms with van der Waals surface area (Å²) in [6.07, 6.45) is 1.27. The van der Waals surface area contributed by atoms with Gasteiger partial charge >= 0.3 is 0 Å². The molecule has 98 valence electrons. The normalized spacial score (nSPS) is 28.8. The molecule has 4 N–H and O–H groups in total. The van der Waals surface area contributed by atoms with E-state index in [-0.39, 0.29) is 23.9 Å². The predicted octanol–water partition coefficient (Wildman–Crippen LogP) is 0.443. The molecular weight excluding hydrogens is 222 g/mol. The van der Waals surface area contributed by atoms with Crippen molar-refractivity contribution < 1.29 is 14.7 Å². The van der Waals surface area contributed by atoms with Crippen molar-refractivity contribution in [2.75, 3.05) is 6.61 Å². The van der Waals surface area contributed by atoms with Crippen molar-refractivity contribution in [2.45, 2.75) is 45.8 Å². The van der Waals surface area contributed by atoms with Crippen LogP contribution in [-0.2, 0) is 9.53 Å². The molecule has 1 aliphatic heterocycles. The molecule has 0 aromatic rings. The molecule has 0 aromatic heterocycles. The second-order valence-electron chi connectivity index (χ2n) is 4.62. The second-order valence-corrected chi connectivity index (χ2v) is 4.62. The van der Waals surface area contributed by atoms with Crippen LogP contribution < -0.4 is 11.1 Å². The second kappa shape index (κ2) is 5.35. The first-order valence-corrected chi connectivity index (χ1v) is 5.86. The van der Waals surface area contributed by atoms with Gasteiger partial charge in [-0.3, -0.25) is 4.79 Å². The highest BCUT2D eigenvalue weighted by Crippen LogP contribution is 2.23. The Balaban J connectivity index is 2.73. The molecule has 1 fully saturated rings. The number of ether oxygens (including phenoxy) is 1. The van der Waals surface area contributed by atoms with Crippen molar-refractivity contribution in [3.63, 3.8) is 0 Å². The van der Waals surface area contributed by atoms with Crippen LogP contribution in [0.3, 0.4) is 0 Å². The number of amides is 1. The first kappa shape index (κ1) is 13.8. The van der Waals surface area contributed by atoms with Crippen LogP contribution in [0.1, 0.15) is 33.6 Å². The van der Waals surface area contributed by atoms with Crippen molar-refractivity contribution in [3.8, 4) is 0 Å². The smallest absolute Gasteiger partial charge is 0.233 e. The van der Waals surface area contributed by atoms with E-state index in [4.69, 9.17) is 15.7 Å². The molecule has 0 saturated carbocycles. The van der Waals surface area contributed by atoms with E-state index < -0.39 is 5.41 Å². The van der Waals surface area contributed by atoms with E-state index in [2.05, 4.69) is 10.5 Å². The van der Waals surface area contributed by atoms with E-state index in [0.29, 0.717) is 13.0 Å². The highest BCUT2D eigenvalue weighted by atomic mass is 16.5. The third kappa shape index (κ3) is 2.69. The molecule has 1 saturated heterocycles. The number of carbonyl (C=O) groups excluding carboxylic acids is 1. The average molecular weight is 243 g/mol. The Morgan fingerprint density at radius 1 is 1.71 bits per heavy atom. The van der Waals surface area contributed by atoms with Crippen LogP contribution in [0.4, 0.5) is 0 Å². The first-order valence-electron chi connectivity index (χ1n) is 5.86. The molecule has 1 aliphatic rings. The standard InChI is InChI=1S/C11H21N3O3/c1-4-11(3,9(12)14-16)10(15)13-8-5-6-17-7(8)2/h7-8,16H,4-6H2,1-3H3,(H2,12,14)(H,13,15). The lowest BCUT2D eigenvalue weighted by Gasteiger charge is -2.28. The summed E-state index contributed by atoms with van der Waals surface area (Å²) in [5.74, 6) is -0.290. The molecule has 0 radical (unpaired) electrons. The summed E-state index contributed by atoms with van der Waals surface area (Å²) < 4.78 is 5.37. The number of hydrogen-bond acceptors (Lipinski definition) is 4.